The van der Waals surface area contributed by atoms with Crippen LogP contribution in [0.25, 0.3) is 0 Å². The maximum Gasteiger partial charge on any atom is 0.0637 e. The molecule has 3 heteroatoms. The number of nitrogens with one attached hydrogen (secondary N) is 1. The van der Waals surface area contributed by atoms with Crippen LogP contribution in [0.1, 0.15) is 19.3 Å². The van der Waals surface area contributed by atoms with Gasteiger partial charge >= 0.3 is 0 Å². The molecular formula is C12H16ClNO. The summed E-state index contributed by atoms with van der Waals surface area (Å²) in [6.45, 7) is 0.176. The van der Waals surface area contributed by atoms with Gasteiger partial charge in [0.05, 0.1) is 23.4 Å². The molecule has 1 aliphatic rings. The third-order valence-electron chi connectivity index (χ3n) is 3.13. The van der Waals surface area contributed by atoms with Crippen LogP contribution >= 0.6 is 11.6 Å². The molecule has 0 bridgehead atoms. The zero-order valence-corrected chi connectivity index (χ0v) is 9.37. The molecule has 2 rings (SSSR count). The normalized spacial score (nSPS) is 18.3. The van der Waals surface area contributed by atoms with E-state index < -0.39 is 0 Å². The summed E-state index contributed by atoms with van der Waals surface area (Å²) in [6.07, 6.45) is 3.71. The molecule has 1 aromatic carbocycles. The van der Waals surface area contributed by atoms with E-state index in [0.717, 1.165) is 10.7 Å². The molecule has 1 saturated carbocycles. The molecule has 2 N–H and O–H groups in total. The van der Waals surface area contributed by atoms with Gasteiger partial charge in [-0.05, 0) is 30.9 Å². The minimum atomic E-state index is 0.152. The van der Waals surface area contributed by atoms with Crippen LogP contribution in [0.2, 0.25) is 5.02 Å². The summed E-state index contributed by atoms with van der Waals surface area (Å²) in [5.74, 6) is 0.603. The number of hydrogen-bond donors (Lipinski definition) is 2. The number of hydrogen-bond acceptors (Lipinski definition) is 2. The SMILES string of the molecule is OCC(Nc1ccccc1Cl)C1CCC1. The summed E-state index contributed by atoms with van der Waals surface area (Å²) < 4.78 is 0. The highest BCUT2D eigenvalue weighted by Crippen LogP contribution is 2.32. The Hall–Kier alpha value is -0.730. The van der Waals surface area contributed by atoms with E-state index in [4.69, 9.17) is 11.6 Å². The third kappa shape index (κ3) is 2.44. The van der Waals surface area contributed by atoms with Crippen molar-refractivity contribution in [2.45, 2.75) is 25.3 Å². The van der Waals surface area contributed by atoms with Crippen molar-refractivity contribution in [2.75, 3.05) is 11.9 Å². The summed E-state index contributed by atoms with van der Waals surface area (Å²) in [5.41, 5.74) is 0.921. The summed E-state index contributed by atoms with van der Waals surface area (Å²) in [4.78, 5) is 0. The van der Waals surface area contributed by atoms with Crippen molar-refractivity contribution in [3.05, 3.63) is 29.3 Å². The lowest BCUT2D eigenvalue weighted by molar-refractivity contribution is 0.187. The van der Waals surface area contributed by atoms with Gasteiger partial charge in [0.15, 0.2) is 0 Å². The van der Waals surface area contributed by atoms with Gasteiger partial charge in [-0.1, -0.05) is 30.2 Å². The molecule has 82 valence electrons. The Balaban J connectivity index is 2.02. The summed E-state index contributed by atoms with van der Waals surface area (Å²) in [6, 6.07) is 7.82. The number of anilines is 1. The van der Waals surface area contributed by atoms with Gasteiger partial charge in [0.2, 0.25) is 0 Å². The van der Waals surface area contributed by atoms with Crippen molar-refractivity contribution >= 4 is 17.3 Å². The van der Waals surface area contributed by atoms with Gasteiger partial charge in [0.25, 0.3) is 0 Å². The lowest BCUT2D eigenvalue weighted by atomic mass is 9.80. The van der Waals surface area contributed by atoms with E-state index >= 15 is 0 Å². The van der Waals surface area contributed by atoms with Gasteiger partial charge in [-0.25, -0.2) is 0 Å². The number of para-hydroxylation sites is 1. The van der Waals surface area contributed by atoms with E-state index in [1.807, 2.05) is 24.3 Å². The monoisotopic (exact) mass is 225 g/mol. The van der Waals surface area contributed by atoms with Gasteiger partial charge in [0.1, 0.15) is 0 Å². The van der Waals surface area contributed by atoms with Crippen LogP contribution in [0.5, 0.6) is 0 Å². The Morgan fingerprint density at radius 1 is 1.40 bits per heavy atom. The Morgan fingerprint density at radius 3 is 2.67 bits per heavy atom. The second-order valence-electron chi connectivity index (χ2n) is 4.10. The largest absolute Gasteiger partial charge is 0.394 e. The molecule has 0 amide bonds. The van der Waals surface area contributed by atoms with Gasteiger partial charge in [-0.15, -0.1) is 0 Å². The minimum Gasteiger partial charge on any atom is -0.394 e. The summed E-state index contributed by atoms with van der Waals surface area (Å²) >= 11 is 6.05. The quantitative estimate of drug-likeness (QED) is 0.826. The Bertz CT molecular complexity index is 325. The maximum absolute atomic E-state index is 9.31. The molecule has 0 aliphatic heterocycles. The predicted octanol–water partition coefficient (Wildman–Crippen LogP) is 2.91. The number of aliphatic hydroxyl groups excluding tert-OH is 1. The molecule has 2 nitrogen and oxygen atoms in total. The molecule has 0 heterocycles. The van der Waals surface area contributed by atoms with Crippen molar-refractivity contribution < 1.29 is 5.11 Å². The van der Waals surface area contributed by atoms with Gasteiger partial charge in [-0.3, -0.25) is 0 Å². The number of benzene rings is 1. The van der Waals surface area contributed by atoms with Crippen molar-refractivity contribution in [1.82, 2.24) is 0 Å². The van der Waals surface area contributed by atoms with Gasteiger partial charge in [-0.2, -0.15) is 0 Å². The molecule has 0 radical (unpaired) electrons. The number of halogens is 1. The first-order chi connectivity index (χ1) is 7.31. The van der Waals surface area contributed by atoms with E-state index in [-0.39, 0.29) is 12.6 Å². The van der Waals surface area contributed by atoms with Crippen LogP contribution in [-0.2, 0) is 0 Å². The average molecular weight is 226 g/mol. The summed E-state index contributed by atoms with van der Waals surface area (Å²) in [5, 5.41) is 13.3. The number of rotatable bonds is 4. The molecule has 15 heavy (non-hydrogen) atoms. The molecule has 0 saturated heterocycles. The first-order valence-electron chi connectivity index (χ1n) is 5.43. The van der Waals surface area contributed by atoms with Crippen molar-refractivity contribution in [3.8, 4) is 0 Å². The van der Waals surface area contributed by atoms with Crippen LogP contribution in [0.4, 0.5) is 5.69 Å². The molecular weight excluding hydrogens is 210 g/mol. The van der Waals surface area contributed by atoms with E-state index in [2.05, 4.69) is 5.32 Å². The molecule has 1 aliphatic carbocycles. The molecule has 1 atom stereocenters. The highest BCUT2D eigenvalue weighted by Gasteiger charge is 2.26. The van der Waals surface area contributed by atoms with Crippen molar-refractivity contribution in [2.24, 2.45) is 5.92 Å². The minimum absolute atomic E-state index is 0.152. The maximum atomic E-state index is 9.31. The third-order valence-corrected chi connectivity index (χ3v) is 3.46. The average Bonchev–Trinajstić information content (AvgIpc) is 2.17. The second kappa shape index (κ2) is 4.86. The van der Waals surface area contributed by atoms with Crippen LogP contribution in [0.15, 0.2) is 24.3 Å². The fourth-order valence-electron chi connectivity index (χ4n) is 1.93. The first-order valence-corrected chi connectivity index (χ1v) is 5.81. The standard InChI is InChI=1S/C12H16ClNO/c13-10-6-1-2-7-11(10)14-12(8-15)9-4-3-5-9/h1-2,6-7,9,12,14-15H,3-5,8H2. The smallest absolute Gasteiger partial charge is 0.0637 e. The number of aliphatic hydroxyl groups is 1. The lowest BCUT2D eigenvalue weighted by Crippen LogP contribution is -2.36. The molecule has 0 spiro atoms. The second-order valence-corrected chi connectivity index (χ2v) is 4.51. The van der Waals surface area contributed by atoms with E-state index in [0.29, 0.717) is 5.92 Å². The van der Waals surface area contributed by atoms with Crippen LogP contribution in [0, 0.1) is 5.92 Å². The summed E-state index contributed by atoms with van der Waals surface area (Å²) in [7, 11) is 0. The van der Waals surface area contributed by atoms with E-state index in [9.17, 15) is 5.11 Å². The molecule has 0 aromatic heterocycles. The Morgan fingerprint density at radius 2 is 2.13 bits per heavy atom. The van der Waals surface area contributed by atoms with Crippen LogP contribution < -0.4 is 5.32 Å². The molecule has 1 fully saturated rings. The Kier molecular flexibility index (Phi) is 3.49. The van der Waals surface area contributed by atoms with Crippen LogP contribution in [-0.4, -0.2) is 17.8 Å². The van der Waals surface area contributed by atoms with Gasteiger partial charge < -0.3 is 10.4 Å². The molecule has 1 aromatic rings. The zero-order valence-electron chi connectivity index (χ0n) is 8.62. The van der Waals surface area contributed by atoms with Crippen molar-refractivity contribution in [3.63, 3.8) is 0 Å². The topological polar surface area (TPSA) is 32.3 Å². The Labute approximate surface area is 95.3 Å². The predicted molar refractivity (Wildman–Crippen MR) is 63.3 cm³/mol. The van der Waals surface area contributed by atoms with E-state index in [1.165, 1.54) is 19.3 Å². The highest BCUT2D eigenvalue weighted by atomic mass is 35.5. The van der Waals surface area contributed by atoms with Crippen LogP contribution in [0.3, 0.4) is 0 Å². The highest BCUT2D eigenvalue weighted by molar-refractivity contribution is 6.33. The fourth-order valence-corrected chi connectivity index (χ4v) is 2.12. The first kappa shape index (κ1) is 10.8. The lowest BCUT2D eigenvalue weighted by Gasteiger charge is -2.33. The van der Waals surface area contributed by atoms with E-state index in [1.54, 1.807) is 0 Å². The molecule has 1 unspecified atom stereocenters. The fraction of sp³-hybridized carbons (Fsp3) is 0.500. The van der Waals surface area contributed by atoms with Crippen molar-refractivity contribution in [1.29, 1.82) is 0 Å². The van der Waals surface area contributed by atoms with Gasteiger partial charge in [0, 0.05) is 0 Å². The zero-order chi connectivity index (χ0) is 10.7.